The minimum Gasteiger partial charge on any atom is -0.317 e. The predicted octanol–water partition coefficient (Wildman–Crippen LogP) is 3.26. The van der Waals surface area contributed by atoms with Crippen LogP contribution in [0.4, 0.5) is 0 Å². The standard InChI is InChI=1S/C19H24N2O/c22-20-18-11-13-21(14-12-18)15-19(16-7-3-1-4-8-16)17-9-5-2-6-10-17/h1-10,18-20,22H,11-15H2. The molecule has 0 amide bonds. The summed E-state index contributed by atoms with van der Waals surface area (Å²) in [7, 11) is 0. The van der Waals surface area contributed by atoms with Crippen molar-refractivity contribution in [2.75, 3.05) is 19.6 Å². The second-order valence-corrected chi connectivity index (χ2v) is 6.08. The maximum Gasteiger partial charge on any atom is 0.0344 e. The van der Waals surface area contributed by atoms with E-state index in [-0.39, 0.29) is 6.04 Å². The van der Waals surface area contributed by atoms with Gasteiger partial charge in [0.05, 0.1) is 0 Å². The van der Waals surface area contributed by atoms with Crippen LogP contribution in [0.5, 0.6) is 0 Å². The third-order valence-corrected chi connectivity index (χ3v) is 4.61. The summed E-state index contributed by atoms with van der Waals surface area (Å²) in [5.74, 6) is 0.404. The lowest BCUT2D eigenvalue weighted by molar-refractivity contribution is 0.0818. The average Bonchev–Trinajstić information content (AvgIpc) is 2.62. The van der Waals surface area contributed by atoms with Gasteiger partial charge in [0.25, 0.3) is 0 Å². The van der Waals surface area contributed by atoms with Crippen LogP contribution in [0.15, 0.2) is 60.7 Å². The van der Waals surface area contributed by atoms with Gasteiger partial charge in [0.1, 0.15) is 0 Å². The Bertz CT molecular complexity index is 511. The van der Waals surface area contributed by atoms with Gasteiger partial charge < -0.3 is 10.1 Å². The molecule has 0 spiro atoms. The van der Waals surface area contributed by atoms with Gasteiger partial charge in [0.2, 0.25) is 0 Å². The van der Waals surface area contributed by atoms with Crippen molar-refractivity contribution in [2.24, 2.45) is 0 Å². The third kappa shape index (κ3) is 3.74. The molecule has 3 nitrogen and oxygen atoms in total. The summed E-state index contributed by atoms with van der Waals surface area (Å²) in [4.78, 5) is 2.51. The van der Waals surface area contributed by atoms with Crippen molar-refractivity contribution in [1.82, 2.24) is 10.4 Å². The maximum absolute atomic E-state index is 9.05. The summed E-state index contributed by atoms with van der Waals surface area (Å²) in [6.07, 6.45) is 2.01. The first-order chi connectivity index (χ1) is 10.9. The van der Waals surface area contributed by atoms with Crippen LogP contribution in [-0.2, 0) is 0 Å². The first-order valence-electron chi connectivity index (χ1n) is 8.08. The molecule has 0 aromatic heterocycles. The molecule has 2 aromatic carbocycles. The molecule has 2 N–H and O–H groups in total. The Morgan fingerprint density at radius 3 is 1.86 bits per heavy atom. The van der Waals surface area contributed by atoms with E-state index in [1.807, 2.05) is 0 Å². The highest BCUT2D eigenvalue weighted by molar-refractivity contribution is 5.32. The smallest absolute Gasteiger partial charge is 0.0344 e. The molecule has 3 rings (SSSR count). The average molecular weight is 296 g/mol. The Hall–Kier alpha value is -1.68. The molecule has 22 heavy (non-hydrogen) atoms. The molecular weight excluding hydrogens is 272 g/mol. The zero-order valence-electron chi connectivity index (χ0n) is 12.9. The molecule has 3 heteroatoms. The zero-order valence-corrected chi connectivity index (χ0v) is 12.9. The molecule has 1 fully saturated rings. The minimum absolute atomic E-state index is 0.253. The number of nitrogens with zero attached hydrogens (tertiary/aromatic N) is 1. The van der Waals surface area contributed by atoms with Crippen molar-refractivity contribution >= 4 is 0 Å². The molecule has 116 valence electrons. The Kier molecular flexibility index (Phi) is 5.22. The van der Waals surface area contributed by atoms with E-state index < -0.39 is 0 Å². The van der Waals surface area contributed by atoms with Crippen molar-refractivity contribution in [3.05, 3.63) is 71.8 Å². The second-order valence-electron chi connectivity index (χ2n) is 6.08. The Balaban J connectivity index is 1.75. The zero-order chi connectivity index (χ0) is 15.2. The first kappa shape index (κ1) is 15.2. The van der Waals surface area contributed by atoms with Crippen molar-refractivity contribution in [3.63, 3.8) is 0 Å². The van der Waals surface area contributed by atoms with Gasteiger partial charge in [-0.15, -0.1) is 0 Å². The van der Waals surface area contributed by atoms with Gasteiger partial charge in [0.15, 0.2) is 0 Å². The lowest BCUT2D eigenvalue weighted by Crippen LogP contribution is -2.42. The number of hydroxylamine groups is 1. The van der Waals surface area contributed by atoms with Crippen LogP contribution in [0.1, 0.15) is 29.9 Å². The Morgan fingerprint density at radius 2 is 1.41 bits per heavy atom. The first-order valence-corrected chi connectivity index (χ1v) is 8.08. The molecule has 0 saturated carbocycles. The molecule has 0 aliphatic carbocycles. The number of nitrogens with one attached hydrogen (secondary N) is 1. The van der Waals surface area contributed by atoms with E-state index in [1.165, 1.54) is 11.1 Å². The second kappa shape index (κ2) is 7.54. The van der Waals surface area contributed by atoms with Crippen molar-refractivity contribution < 1.29 is 5.21 Å². The van der Waals surface area contributed by atoms with Gasteiger partial charge >= 0.3 is 0 Å². The van der Waals surface area contributed by atoms with Crippen molar-refractivity contribution in [3.8, 4) is 0 Å². The third-order valence-electron chi connectivity index (χ3n) is 4.61. The quantitative estimate of drug-likeness (QED) is 0.831. The summed E-state index contributed by atoms with van der Waals surface area (Å²) in [5.41, 5.74) is 5.16. The highest BCUT2D eigenvalue weighted by atomic mass is 16.5. The van der Waals surface area contributed by atoms with Crippen molar-refractivity contribution in [2.45, 2.75) is 24.8 Å². The van der Waals surface area contributed by atoms with E-state index in [9.17, 15) is 0 Å². The highest BCUT2D eigenvalue weighted by Crippen LogP contribution is 2.26. The minimum atomic E-state index is 0.253. The maximum atomic E-state index is 9.05. The van der Waals surface area contributed by atoms with Crippen molar-refractivity contribution in [1.29, 1.82) is 0 Å². The number of rotatable bonds is 5. The van der Waals surface area contributed by atoms with Crippen LogP contribution in [0.25, 0.3) is 0 Å². The summed E-state index contributed by atoms with van der Waals surface area (Å²) in [6.45, 7) is 3.11. The molecule has 0 atom stereocenters. The Morgan fingerprint density at radius 1 is 0.909 bits per heavy atom. The fourth-order valence-corrected chi connectivity index (χ4v) is 3.28. The van der Waals surface area contributed by atoms with Crippen LogP contribution in [0.3, 0.4) is 0 Å². The van der Waals surface area contributed by atoms with E-state index in [2.05, 4.69) is 71.0 Å². The van der Waals surface area contributed by atoms with E-state index >= 15 is 0 Å². The SMILES string of the molecule is ONC1CCN(CC(c2ccccc2)c2ccccc2)CC1. The van der Waals surface area contributed by atoms with Gasteiger partial charge in [-0.1, -0.05) is 60.7 Å². The van der Waals surface area contributed by atoms with Crippen LogP contribution < -0.4 is 5.48 Å². The van der Waals surface area contributed by atoms with Crippen LogP contribution in [0.2, 0.25) is 0 Å². The van der Waals surface area contributed by atoms with Gasteiger partial charge in [-0.2, -0.15) is 0 Å². The molecule has 0 bridgehead atoms. The number of piperidine rings is 1. The van der Waals surface area contributed by atoms with Gasteiger partial charge in [-0.25, -0.2) is 5.48 Å². The molecule has 1 saturated heterocycles. The van der Waals surface area contributed by atoms with Gasteiger partial charge in [0, 0.05) is 18.5 Å². The lowest BCUT2D eigenvalue weighted by atomic mass is 9.90. The van der Waals surface area contributed by atoms with E-state index in [0.717, 1.165) is 32.5 Å². The van der Waals surface area contributed by atoms with Crippen LogP contribution >= 0.6 is 0 Å². The number of likely N-dealkylation sites (tertiary alicyclic amines) is 1. The van der Waals surface area contributed by atoms with Crippen LogP contribution in [-0.4, -0.2) is 35.8 Å². The van der Waals surface area contributed by atoms with E-state index in [4.69, 9.17) is 5.21 Å². The highest BCUT2D eigenvalue weighted by Gasteiger charge is 2.22. The Labute approximate surface area is 132 Å². The molecule has 1 aliphatic rings. The summed E-state index contributed by atoms with van der Waals surface area (Å²) < 4.78 is 0. The topological polar surface area (TPSA) is 35.5 Å². The number of benzene rings is 2. The number of hydrogen-bond donors (Lipinski definition) is 2. The molecule has 1 heterocycles. The fourth-order valence-electron chi connectivity index (χ4n) is 3.28. The lowest BCUT2D eigenvalue weighted by Gasteiger charge is -2.34. The van der Waals surface area contributed by atoms with Gasteiger partial charge in [-0.3, -0.25) is 0 Å². The fraction of sp³-hybridized carbons (Fsp3) is 0.368. The van der Waals surface area contributed by atoms with Crippen LogP contribution in [0, 0.1) is 0 Å². The molecule has 2 aromatic rings. The summed E-state index contributed by atoms with van der Waals surface area (Å²) in [6, 6.07) is 21.8. The molecule has 0 radical (unpaired) electrons. The van der Waals surface area contributed by atoms with E-state index in [0.29, 0.717) is 5.92 Å². The normalized spacial score (nSPS) is 17.0. The molecular formula is C19H24N2O. The monoisotopic (exact) mass is 296 g/mol. The summed E-state index contributed by atoms with van der Waals surface area (Å²) in [5, 5.41) is 9.05. The largest absolute Gasteiger partial charge is 0.317 e. The van der Waals surface area contributed by atoms with Gasteiger partial charge in [-0.05, 0) is 37.1 Å². The molecule has 0 unspecified atom stereocenters. The summed E-state index contributed by atoms with van der Waals surface area (Å²) >= 11 is 0. The predicted molar refractivity (Wildman–Crippen MR) is 89.1 cm³/mol. The number of hydrogen-bond acceptors (Lipinski definition) is 3. The molecule has 1 aliphatic heterocycles. The van der Waals surface area contributed by atoms with E-state index in [1.54, 1.807) is 0 Å².